The second-order valence-electron chi connectivity index (χ2n) is 4.07. The lowest BCUT2D eigenvalue weighted by atomic mass is 10.1. The Hall–Kier alpha value is -2.04. The molecular weight excluding hydrogens is 230 g/mol. The Labute approximate surface area is 107 Å². The van der Waals surface area contributed by atoms with Gasteiger partial charge in [0.1, 0.15) is 0 Å². The van der Waals surface area contributed by atoms with Crippen molar-refractivity contribution < 1.29 is 9.59 Å². The second-order valence-corrected chi connectivity index (χ2v) is 4.07. The van der Waals surface area contributed by atoms with Gasteiger partial charge in [0.15, 0.2) is 0 Å². The Kier molecular flexibility index (Phi) is 5.17. The summed E-state index contributed by atoms with van der Waals surface area (Å²) in [5.41, 5.74) is 7.39. The van der Waals surface area contributed by atoms with E-state index in [-0.39, 0.29) is 18.4 Å². The number of nitrogens with two attached hydrogens (primary N) is 1. The van der Waals surface area contributed by atoms with Gasteiger partial charge in [-0.1, -0.05) is 19.1 Å². The van der Waals surface area contributed by atoms with Crippen molar-refractivity contribution in [3.05, 3.63) is 29.3 Å². The maximum absolute atomic E-state index is 11.9. The number of anilines is 1. The van der Waals surface area contributed by atoms with Crippen LogP contribution in [0.4, 0.5) is 5.69 Å². The Bertz CT molecular complexity index is 424. The summed E-state index contributed by atoms with van der Waals surface area (Å²) in [5.74, 6) is -0.519. The molecule has 0 aromatic heterocycles. The van der Waals surface area contributed by atoms with Gasteiger partial charge in [0.2, 0.25) is 5.91 Å². The Morgan fingerprint density at radius 2 is 2.00 bits per heavy atom. The lowest BCUT2D eigenvalue weighted by molar-refractivity contribution is -0.120. The molecule has 18 heavy (non-hydrogen) atoms. The third-order valence-electron chi connectivity index (χ3n) is 2.51. The average molecular weight is 249 g/mol. The van der Waals surface area contributed by atoms with Gasteiger partial charge in [-0.25, -0.2) is 0 Å². The third kappa shape index (κ3) is 3.76. The molecule has 0 atom stereocenters. The maximum Gasteiger partial charge on any atom is 0.254 e. The smallest absolute Gasteiger partial charge is 0.254 e. The van der Waals surface area contributed by atoms with Crippen LogP contribution in [-0.4, -0.2) is 24.9 Å². The highest BCUT2D eigenvalue weighted by Gasteiger charge is 2.13. The fraction of sp³-hybridized carbons (Fsp3) is 0.385. The van der Waals surface area contributed by atoms with Gasteiger partial charge >= 0.3 is 0 Å². The molecule has 0 saturated carbocycles. The van der Waals surface area contributed by atoms with Gasteiger partial charge in [-0.05, 0) is 25.0 Å². The van der Waals surface area contributed by atoms with Gasteiger partial charge in [-0.3, -0.25) is 9.59 Å². The van der Waals surface area contributed by atoms with Gasteiger partial charge in [-0.2, -0.15) is 0 Å². The van der Waals surface area contributed by atoms with Crippen molar-refractivity contribution in [1.82, 2.24) is 10.6 Å². The van der Waals surface area contributed by atoms with E-state index >= 15 is 0 Å². The van der Waals surface area contributed by atoms with Crippen molar-refractivity contribution in [1.29, 1.82) is 0 Å². The fourth-order valence-corrected chi connectivity index (χ4v) is 1.58. The van der Waals surface area contributed by atoms with Crippen LogP contribution in [0.1, 0.15) is 29.3 Å². The standard InChI is InChI=1S/C13H19N3O2/c1-3-7-15-11(17)8-16-13(18)12-9(2)5-4-6-10(12)14/h4-6H,3,7-8,14H2,1-2H3,(H,15,17)(H,16,18). The van der Waals surface area contributed by atoms with Gasteiger partial charge in [0, 0.05) is 12.2 Å². The monoisotopic (exact) mass is 249 g/mol. The number of nitrogens with one attached hydrogen (secondary N) is 2. The molecule has 4 N–H and O–H groups in total. The minimum absolute atomic E-state index is 0.0351. The van der Waals surface area contributed by atoms with Crippen LogP contribution < -0.4 is 16.4 Å². The Balaban J connectivity index is 2.58. The quantitative estimate of drug-likeness (QED) is 0.676. The van der Waals surface area contributed by atoms with Crippen LogP contribution in [0.15, 0.2) is 18.2 Å². The molecule has 0 bridgehead atoms. The summed E-state index contributed by atoms with van der Waals surface area (Å²) in [5, 5.41) is 5.24. The van der Waals surface area contributed by atoms with Gasteiger partial charge in [0.25, 0.3) is 5.91 Å². The van der Waals surface area contributed by atoms with E-state index < -0.39 is 0 Å². The molecule has 1 rings (SSSR count). The zero-order valence-corrected chi connectivity index (χ0v) is 10.7. The molecule has 0 heterocycles. The van der Waals surface area contributed by atoms with Crippen LogP contribution in [0.5, 0.6) is 0 Å². The molecular formula is C13H19N3O2. The lowest BCUT2D eigenvalue weighted by Gasteiger charge is -2.10. The van der Waals surface area contributed by atoms with Crippen molar-refractivity contribution in [2.45, 2.75) is 20.3 Å². The van der Waals surface area contributed by atoms with Crippen molar-refractivity contribution in [2.24, 2.45) is 0 Å². The molecule has 5 heteroatoms. The number of carbonyl (C=O) groups is 2. The van der Waals surface area contributed by atoms with E-state index in [0.717, 1.165) is 12.0 Å². The van der Waals surface area contributed by atoms with E-state index in [1.54, 1.807) is 12.1 Å². The minimum atomic E-state index is -0.322. The molecule has 0 aliphatic rings. The zero-order valence-electron chi connectivity index (χ0n) is 10.7. The SMILES string of the molecule is CCCNC(=O)CNC(=O)c1c(C)cccc1N. The molecule has 0 unspecified atom stereocenters. The minimum Gasteiger partial charge on any atom is -0.398 e. The second kappa shape index (κ2) is 6.64. The Morgan fingerprint density at radius 3 is 2.61 bits per heavy atom. The summed E-state index contributed by atoms with van der Waals surface area (Å²) in [6.45, 7) is 4.35. The van der Waals surface area contributed by atoms with Crippen LogP contribution >= 0.6 is 0 Å². The van der Waals surface area contributed by atoms with Crippen LogP contribution in [-0.2, 0) is 4.79 Å². The normalized spacial score (nSPS) is 9.89. The zero-order chi connectivity index (χ0) is 13.5. The molecule has 0 spiro atoms. The molecule has 0 radical (unpaired) electrons. The first-order valence-electron chi connectivity index (χ1n) is 5.96. The fourth-order valence-electron chi connectivity index (χ4n) is 1.58. The molecule has 1 aromatic rings. The van der Waals surface area contributed by atoms with E-state index in [4.69, 9.17) is 5.73 Å². The summed E-state index contributed by atoms with van der Waals surface area (Å²) in [6.07, 6.45) is 0.866. The number of hydrogen-bond donors (Lipinski definition) is 3. The number of aryl methyl sites for hydroxylation is 1. The molecule has 98 valence electrons. The molecule has 2 amide bonds. The average Bonchev–Trinajstić information content (AvgIpc) is 2.33. The number of rotatable bonds is 5. The van der Waals surface area contributed by atoms with Gasteiger partial charge in [0.05, 0.1) is 12.1 Å². The summed E-state index contributed by atoms with van der Waals surface area (Å²) in [4.78, 5) is 23.2. The van der Waals surface area contributed by atoms with Crippen molar-refractivity contribution in [3.63, 3.8) is 0 Å². The summed E-state index contributed by atoms with van der Waals surface area (Å²) in [7, 11) is 0. The molecule has 0 saturated heterocycles. The molecule has 0 aliphatic carbocycles. The summed E-state index contributed by atoms with van der Waals surface area (Å²) < 4.78 is 0. The molecule has 1 aromatic carbocycles. The lowest BCUT2D eigenvalue weighted by Crippen LogP contribution is -2.37. The van der Waals surface area contributed by atoms with E-state index in [0.29, 0.717) is 17.8 Å². The predicted molar refractivity (Wildman–Crippen MR) is 71.2 cm³/mol. The largest absolute Gasteiger partial charge is 0.398 e. The number of carbonyl (C=O) groups excluding carboxylic acids is 2. The number of hydrogen-bond acceptors (Lipinski definition) is 3. The summed E-state index contributed by atoms with van der Waals surface area (Å²) in [6, 6.07) is 5.26. The van der Waals surface area contributed by atoms with Crippen molar-refractivity contribution in [2.75, 3.05) is 18.8 Å². The summed E-state index contributed by atoms with van der Waals surface area (Å²) >= 11 is 0. The van der Waals surface area contributed by atoms with Gasteiger partial charge < -0.3 is 16.4 Å². The molecule has 5 nitrogen and oxygen atoms in total. The van der Waals surface area contributed by atoms with Gasteiger partial charge in [-0.15, -0.1) is 0 Å². The van der Waals surface area contributed by atoms with Crippen molar-refractivity contribution in [3.8, 4) is 0 Å². The first-order valence-corrected chi connectivity index (χ1v) is 5.96. The van der Waals surface area contributed by atoms with E-state index in [9.17, 15) is 9.59 Å². The molecule has 0 fully saturated rings. The topological polar surface area (TPSA) is 84.2 Å². The van der Waals surface area contributed by atoms with Crippen molar-refractivity contribution >= 4 is 17.5 Å². The molecule has 0 aliphatic heterocycles. The van der Waals surface area contributed by atoms with E-state index in [1.165, 1.54) is 0 Å². The number of amides is 2. The highest BCUT2D eigenvalue weighted by atomic mass is 16.2. The first-order chi connectivity index (χ1) is 8.56. The third-order valence-corrected chi connectivity index (χ3v) is 2.51. The highest BCUT2D eigenvalue weighted by molar-refractivity contribution is 6.01. The van der Waals surface area contributed by atoms with Crippen LogP contribution in [0, 0.1) is 6.92 Å². The highest BCUT2D eigenvalue weighted by Crippen LogP contribution is 2.15. The van der Waals surface area contributed by atoms with E-state index in [2.05, 4.69) is 10.6 Å². The first kappa shape index (κ1) is 14.0. The van der Waals surface area contributed by atoms with Crippen LogP contribution in [0.25, 0.3) is 0 Å². The predicted octanol–water partition coefficient (Wildman–Crippen LogP) is 0.833. The number of nitrogen functional groups attached to an aromatic ring is 1. The van der Waals surface area contributed by atoms with E-state index in [1.807, 2.05) is 19.9 Å². The maximum atomic E-state index is 11.9. The number of benzene rings is 1. The Morgan fingerprint density at radius 1 is 1.28 bits per heavy atom. The van der Waals surface area contributed by atoms with Crippen LogP contribution in [0.2, 0.25) is 0 Å². The van der Waals surface area contributed by atoms with Crippen LogP contribution in [0.3, 0.4) is 0 Å².